The molecule has 0 amide bonds. The van der Waals surface area contributed by atoms with Crippen LogP contribution in [0.1, 0.15) is 5.56 Å². The first kappa shape index (κ1) is 9.58. The molecule has 0 radical (unpaired) electrons. The van der Waals surface area contributed by atoms with Crippen LogP contribution >= 0.6 is 11.6 Å². The molecule has 0 saturated carbocycles. The highest BCUT2D eigenvalue weighted by Crippen LogP contribution is 2.21. The van der Waals surface area contributed by atoms with Crippen LogP contribution in [0.4, 0.5) is 0 Å². The third kappa shape index (κ3) is 1.52. The largest absolute Gasteiger partial charge is 0.505 e. The summed E-state index contributed by atoms with van der Waals surface area (Å²) in [4.78, 5) is 2.93. The number of nitrogens with one attached hydrogen (secondary N) is 1. The first-order valence-corrected chi connectivity index (χ1v) is 4.60. The van der Waals surface area contributed by atoms with Gasteiger partial charge in [0, 0.05) is 21.5 Å². The Labute approximate surface area is 86.5 Å². The molecular weight excluding hydrogens is 200 g/mol. The van der Waals surface area contributed by atoms with Gasteiger partial charge in [-0.25, -0.2) is 0 Å². The second kappa shape index (κ2) is 3.31. The molecule has 0 aliphatic heterocycles. The van der Waals surface area contributed by atoms with Crippen LogP contribution < -0.4 is 5.59 Å². The van der Waals surface area contributed by atoms with Crippen LogP contribution in [0.3, 0.4) is 0 Å². The molecule has 2 rings (SSSR count). The molecule has 2 aromatic rings. The van der Waals surface area contributed by atoms with Crippen LogP contribution in [0.15, 0.2) is 18.2 Å². The van der Waals surface area contributed by atoms with Gasteiger partial charge in [0.15, 0.2) is 0 Å². The summed E-state index contributed by atoms with van der Waals surface area (Å²) in [5, 5.41) is 19.5. The summed E-state index contributed by atoms with van der Waals surface area (Å²) in [6.45, 7) is 1.91. The van der Waals surface area contributed by atoms with Gasteiger partial charge in [-0.3, -0.25) is 0 Å². The number of halogens is 1. The number of hydrogen-bond acceptors (Lipinski definition) is 2. The Hall–Kier alpha value is -0.965. The lowest BCUT2D eigenvalue weighted by atomic mass is 9.87. The van der Waals surface area contributed by atoms with E-state index >= 15 is 0 Å². The van der Waals surface area contributed by atoms with Gasteiger partial charge in [-0.05, 0) is 30.7 Å². The SMILES string of the molecule is Cc1cc(Cl)cc2cc(B(O)O)[nH]c12. The monoisotopic (exact) mass is 209 g/mol. The molecular formula is C9H9BClNO2. The molecule has 0 unspecified atom stereocenters. The third-order valence-electron chi connectivity index (χ3n) is 2.19. The molecule has 3 nitrogen and oxygen atoms in total. The lowest BCUT2D eigenvalue weighted by Crippen LogP contribution is -2.30. The van der Waals surface area contributed by atoms with Crippen LogP contribution in [-0.4, -0.2) is 22.2 Å². The average molecular weight is 209 g/mol. The van der Waals surface area contributed by atoms with E-state index in [0.29, 0.717) is 10.6 Å². The Bertz CT molecular complexity index is 481. The molecule has 1 aromatic heterocycles. The maximum absolute atomic E-state index is 8.98. The molecule has 1 heterocycles. The zero-order chi connectivity index (χ0) is 10.3. The maximum Gasteiger partial charge on any atom is 0.505 e. The molecule has 14 heavy (non-hydrogen) atoms. The highest BCUT2D eigenvalue weighted by Gasteiger charge is 2.14. The van der Waals surface area contributed by atoms with Gasteiger partial charge in [0.25, 0.3) is 0 Å². The van der Waals surface area contributed by atoms with E-state index in [1.165, 1.54) is 0 Å². The minimum Gasteiger partial charge on any atom is -0.422 e. The predicted molar refractivity (Wildman–Crippen MR) is 57.9 cm³/mol. The number of hydrogen-bond donors (Lipinski definition) is 3. The van der Waals surface area contributed by atoms with Gasteiger partial charge < -0.3 is 15.0 Å². The van der Waals surface area contributed by atoms with Crippen molar-refractivity contribution in [2.75, 3.05) is 0 Å². The van der Waals surface area contributed by atoms with Gasteiger partial charge in [0.1, 0.15) is 0 Å². The summed E-state index contributed by atoms with van der Waals surface area (Å²) in [5.41, 5.74) is 2.25. The molecule has 3 N–H and O–H groups in total. The molecule has 72 valence electrons. The number of benzene rings is 1. The van der Waals surface area contributed by atoms with Crippen LogP contribution in [-0.2, 0) is 0 Å². The van der Waals surface area contributed by atoms with Crippen LogP contribution in [0.25, 0.3) is 10.9 Å². The highest BCUT2D eigenvalue weighted by atomic mass is 35.5. The Balaban J connectivity index is 2.70. The number of H-pyrrole nitrogens is 1. The smallest absolute Gasteiger partial charge is 0.422 e. The zero-order valence-corrected chi connectivity index (χ0v) is 8.34. The van der Waals surface area contributed by atoms with Gasteiger partial charge in [-0.2, -0.15) is 0 Å². The zero-order valence-electron chi connectivity index (χ0n) is 7.58. The van der Waals surface area contributed by atoms with Crippen molar-refractivity contribution in [3.8, 4) is 0 Å². The third-order valence-corrected chi connectivity index (χ3v) is 2.41. The Morgan fingerprint density at radius 2 is 2.00 bits per heavy atom. The topological polar surface area (TPSA) is 56.2 Å². The van der Waals surface area contributed by atoms with E-state index in [1.807, 2.05) is 13.0 Å². The molecule has 0 saturated heterocycles. The van der Waals surface area contributed by atoms with E-state index in [9.17, 15) is 0 Å². The van der Waals surface area contributed by atoms with Crippen molar-refractivity contribution in [2.45, 2.75) is 6.92 Å². The molecule has 0 bridgehead atoms. The number of aromatic nitrogens is 1. The minimum absolute atomic E-state index is 0.380. The number of aromatic amines is 1. The van der Waals surface area contributed by atoms with Gasteiger partial charge in [0.05, 0.1) is 0 Å². The van der Waals surface area contributed by atoms with E-state index in [1.54, 1.807) is 12.1 Å². The van der Waals surface area contributed by atoms with E-state index < -0.39 is 7.12 Å². The van der Waals surface area contributed by atoms with Crippen LogP contribution in [0.2, 0.25) is 5.02 Å². The number of aryl methyl sites for hydroxylation is 1. The van der Waals surface area contributed by atoms with Gasteiger partial charge in [-0.1, -0.05) is 11.6 Å². The number of rotatable bonds is 1. The van der Waals surface area contributed by atoms with Crippen molar-refractivity contribution in [1.29, 1.82) is 0 Å². The lowest BCUT2D eigenvalue weighted by Gasteiger charge is -1.96. The molecule has 0 aliphatic rings. The van der Waals surface area contributed by atoms with Crippen molar-refractivity contribution in [1.82, 2.24) is 4.98 Å². The fourth-order valence-electron chi connectivity index (χ4n) is 1.54. The summed E-state index contributed by atoms with van der Waals surface area (Å²) in [6, 6.07) is 5.29. The Morgan fingerprint density at radius 3 is 2.64 bits per heavy atom. The molecule has 0 atom stereocenters. The van der Waals surface area contributed by atoms with Crippen molar-refractivity contribution in [2.24, 2.45) is 0 Å². The van der Waals surface area contributed by atoms with E-state index in [4.69, 9.17) is 21.6 Å². The Kier molecular flexibility index (Phi) is 2.27. The quantitative estimate of drug-likeness (QED) is 0.609. The van der Waals surface area contributed by atoms with E-state index in [2.05, 4.69) is 4.98 Å². The summed E-state index contributed by atoms with van der Waals surface area (Å²) in [5.74, 6) is 0. The first-order valence-electron chi connectivity index (χ1n) is 4.23. The van der Waals surface area contributed by atoms with Crippen molar-refractivity contribution in [3.05, 3.63) is 28.8 Å². The fraction of sp³-hybridized carbons (Fsp3) is 0.111. The summed E-state index contributed by atoms with van der Waals surface area (Å²) in [6.07, 6.45) is 0. The van der Waals surface area contributed by atoms with Crippen LogP contribution in [0, 0.1) is 6.92 Å². The standard InChI is InChI=1S/C9H9BClNO2/c1-5-2-7(11)3-6-4-8(10(13)14)12-9(5)6/h2-4,12-14H,1H3. The molecule has 5 heteroatoms. The molecule has 0 spiro atoms. The molecule has 0 aliphatic carbocycles. The van der Waals surface area contributed by atoms with Gasteiger partial charge in [0.2, 0.25) is 0 Å². The summed E-state index contributed by atoms with van der Waals surface area (Å²) < 4.78 is 0. The summed E-state index contributed by atoms with van der Waals surface area (Å²) in [7, 11) is -1.47. The van der Waals surface area contributed by atoms with Crippen molar-refractivity contribution < 1.29 is 10.0 Å². The predicted octanol–water partition coefficient (Wildman–Crippen LogP) is 0.810. The van der Waals surface area contributed by atoms with Gasteiger partial charge in [-0.15, -0.1) is 0 Å². The second-order valence-corrected chi connectivity index (χ2v) is 3.72. The fourth-order valence-corrected chi connectivity index (χ4v) is 1.82. The second-order valence-electron chi connectivity index (χ2n) is 3.29. The average Bonchev–Trinajstić information content (AvgIpc) is 2.47. The Morgan fingerprint density at radius 1 is 1.29 bits per heavy atom. The molecule has 1 aromatic carbocycles. The van der Waals surface area contributed by atoms with E-state index in [0.717, 1.165) is 16.5 Å². The maximum atomic E-state index is 8.98. The van der Waals surface area contributed by atoms with Crippen molar-refractivity contribution >= 4 is 35.2 Å². The summed E-state index contributed by atoms with van der Waals surface area (Å²) >= 11 is 5.87. The minimum atomic E-state index is -1.47. The number of fused-ring (bicyclic) bond motifs is 1. The normalized spacial score (nSPS) is 10.9. The lowest BCUT2D eigenvalue weighted by molar-refractivity contribution is 0.424. The van der Waals surface area contributed by atoms with Crippen LogP contribution in [0.5, 0.6) is 0 Å². The highest BCUT2D eigenvalue weighted by molar-refractivity contribution is 6.58. The van der Waals surface area contributed by atoms with E-state index in [-0.39, 0.29) is 0 Å². The first-order chi connectivity index (χ1) is 6.58. The molecule has 0 fully saturated rings. The van der Waals surface area contributed by atoms with Crippen molar-refractivity contribution in [3.63, 3.8) is 0 Å². The van der Waals surface area contributed by atoms with Gasteiger partial charge >= 0.3 is 7.12 Å².